The minimum Gasteiger partial charge on any atom is -0.461 e. The van der Waals surface area contributed by atoms with Crippen LogP contribution in [-0.2, 0) is 41.2 Å². The Morgan fingerprint density at radius 2 is 1.33 bits per heavy atom. The first kappa shape index (κ1) is 29.0. The lowest BCUT2D eigenvalue weighted by Crippen LogP contribution is -2.65. The zero-order valence-corrected chi connectivity index (χ0v) is 20.1. The largest absolute Gasteiger partial charge is 0.461 e. The summed E-state index contributed by atoms with van der Waals surface area (Å²) >= 11 is 0. The molecule has 0 radical (unpaired) electrons. The molecule has 178 valence electrons. The smallest absolute Gasteiger partial charge is 0.366 e. The van der Waals surface area contributed by atoms with Gasteiger partial charge in [-0.3, -0.25) is 0 Å². The van der Waals surface area contributed by atoms with Crippen molar-refractivity contribution in [2.45, 2.75) is 27.7 Å². The first-order valence-corrected chi connectivity index (χ1v) is 14.5. The fourth-order valence-corrected chi connectivity index (χ4v) is 10.1. The summed E-state index contributed by atoms with van der Waals surface area (Å²) in [5.74, 6) is -2.26. The molecule has 0 unspecified atom stereocenters. The molecule has 0 amide bonds. The van der Waals surface area contributed by atoms with Crippen LogP contribution >= 0.6 is 7.51 Å². The molecule has 0 bridgehead atoms. The molecule has 0 atom stereocenters. The van der Waals surface area contributed by atoms with Crippen molar-refractivity contribution in [2.75, 3.05) is 44.4 Å². The first-order chi connectivity index (χ1) is 13.6. The third-order valence-electron chi connectivity index (χ3n) is 2.68. The maximum atomic E-state index is 13.1. The number of halogens is 1. The van der Waals surface area contributed by atoms with Crippen molar-refractivity contribution >= 4 is 34.5 Å². The van der Waals surface area contributed by atoms with E-state index >= 15 is 0 Å². The van der Waals surface area contributed by atoms with E-state index in [2.05, 4.69) is 13.7 Å². The Balaban J connectivity index is 6.52. The van der Waals surface area contributed by atoms with E-state index in [1.807, 2.05) is 0 Å². The van der Waals surface area contributed by atoms with Crippen LogP contribution in [0.15, 0.2) is 9.96 Å². The number of rotatable bonds is 13. The number of nitrogens with zero attached hydrogens (tertiary/aromatic N) is 2. The van der Waals surface area contributed by atoms with Crippen molar-refractivity contribution in [1.29, 1.82) is 0 Å². The Morgan fingerprint density at radius 3 is 1.67 bits per heavy atom. The van der Waals surface area contributed by atoms with E-state index in [-0.39, 0.29) is 26.4 Å². The first-order valence-electron chi connectivity index (χ1n) is 8.66. The SMILES string of the molecule is CCOC(=O)C(=NN=P(CS(C)(C)(=O)O[Cl+3]([O-])([O-])[O-])(OCC)OCC)C(=O)OCC. The summed E-state index contributed by atoms with van der Waals surface area (Å²) in [6.07, 6.45) is 1.78. The maximum Gasteiger partial charge on any atom is 0.366 e. The molecule has 0 heterocycles. The predicted octanol–water partition coefficient (Wildman–Crippen LogP) is -1.56. The Labute approximate surface area is 177 Å². The van der Waals surface area contributed by atoms with Crippen LogP contribution in [0.1, 0.15) is 27.7 Å². The molecule has 0 aromatic rings. The van der Waals surface area contributed by atoms with Gasteiger partial charge in [0.15, 0.2) is 3.74 Å². The average Bonchev–Trinajstić information content (AvgIpc) is 2.52. The lowest BCUT2D eigenvalue weighted by Gasteiger charge is -2.37. The molecule has 0 saturated carbocycles. The van der Waals surface area contributed by atoms with Crippen LogP contribution in [0, 0.1) is 10.2 Å². The predicted molar refractivity (Wildman–Crippen MR) is 99.2 cm³/mol. The van der Waals surface area contributed by atoms with Crippen LogP contribution in [-0.4, -0.2) is 66.3 Å². The number of ether oxygens (including phenoxy) is 2. The third-order valence-corrected chi connectivity index (χ3v) is 10.8. The van der Waals surface area contributed by atoms with Gasteiger partial charge in [0.2, 0.25) is 0 Å². The number of hydrogen-bond donors (Lipinski definition) is 0. The second-order valence-electron chi connectivity index (χ2n) is 5.98. The van der Waals surface area contributed by atoms with Gasteiger partial charge in [0.25, 0.3) is 13.2 Å². The highest BCUT2D eigenvalue weighted by Gasteiger charge is 2.44. The van der Waals surface area contributed by atoms with Gasteiger partial charge >= 0.3 is 11.9 Å². The monoisotopic (exact) mass is 498 g/mol. The molecule has 0 aromatic carbocycles. The molecule has 0 aliphatic heterocycles. The standard InChI is InChI=1S/C14H28ClN2O11PS/c1-7-24-13(18)12(14(19)25-8-2)16-17-29(26-9-3,27-10-4)11-30(5,6,23)28-15(20,21)22/h7-11H2,1-6H3. The van der Waals surface area contributed by atoms with Gasteiger partial charge in [0.1, 0.15) is 15.7 Å². The van der Waals surface area contributed by atoms with Gasteiger partial charge in [-0.15, -0.1) is 9.96 Å². The van der Waals surface area contributed by atoms with Crippen molar-refractivity contribution in [3.63, 3.8) is 0 Å². The van der Waals surface area contributed by atoms with Gasteiger partial charge in [0.05, 0.1) is 26.4 Å². The van der Waals surface area contributed by atoms with E-state index in [4.69, 9.17) is 18.5 Å². The minimum atomic E-state index is -5.05. The van der Waals surface area contributed by atoms with E-state index in [0.29, 0.717) is 0 Å². The fourth-order valence-electron chi connectivity index (χ4n) is 1.99. The highest BCUT2D eigenvalue weighted by Crippen LogP contribution is 2.57. The Morgan fingerprint density at radius 1 is 0.900 bits per heavy atom. The zero-order chi connectivity index (χ0) is 23.7. The summed E-state index contributed by atoms with van der Waals surface area (Å²) in [5.41, 5.74) is -1.61. The molecule has 0 N–H and O–H groups in total. The zero-order valence-electron chi connectivity index (χ0n) is 17.7. The summed E-state index contributed by atoms with van der Waals surface area (Å²) in [4.78, 5) is 27.9. The lowest BCUT2D eigenvalue weighted by molar-refractivity contribution is -1.91. The lowest BCUT2D eigenvalue weighted by atomic mass is 10.4. The molecule has 0 aliphatic carbocycles. The number of esters is 2. The van der Waals surface area contributed by atoms with Crippen molar-refractivity contribution in [2.24, 2.45) is 9.96 Å². The van der Waals surface area contributed by atoms with E-state index in [1.165, 1.54) is 27.7 Å². The molecule has 0 aromatic heterocycles. The summed E-state index contributed by atoms with van der Waals surface area (Å²) in [7, 11) is -13.4. The van der Waals surface area contributed by atoms with Gasteiger partial charge in [-0.2, -0.15) is 18.2 Å². The Kier molecular flexibility index (Phi) is 11.2. The molecular weight excluding hydrogens is 471 g/mol. The topological polar surface area (TPSA) is 191 Å². The van der Waals surface area contributed by atoms with Crippen LogP contribution in [0.2, 0.25) is 0 Å². The number of hydrogen-bond acceptors (Lipinski definition) is 12. The number of carbonyl (C=O) groups excluding carboxylic acids is 2. The van der Waals surface area contributed by atoms with E-state index in [0.717, 1.165) is 12.5 Å². The van der Waals surface area contributed by atoms with Crippen molar-refractivity contribution in [3.8, 4) is 0 Å². The van der Waals surface area contributed by atoms with Crippen molar-refractivity contribution in [3.05, 3.63) is 0 Å². The molecule has 30 heavy (non-hydrogen) atoms. The summed E-state index contributed by atoms with van der Waals surface area (Å²) < 4.78 is 70.8. The summed E-state index contributed by atoms with van der Waals surface area (Å²) in [6.45, 7) is 5.85. The average molecular weight is 499 g/mol. The Bertz CT molecular complexity index is 729. The van der Waals surface area contributed by atoms with Crippen LogP contribution in [0.4, 0.5) is 0 Å². The van der Waals surface area contributed by atoms with Crippen LogP contribution < -0.4 is 14.0 Å². The van der Waals surface area contributed by atoms with Gasteiger partial charge < -0.3 is 18.5 Å². The summed E-state index contributed by atoms with van der Waals surface area (Å²) in [6, 6.07) is 0. The second kappa shape index (κ2) is 11.6. The van der Waals surface area contributed by atoms with E-state index in [9.17, 15) is 27.8 Å². The number of carbonyl (C=O) groups is 2. The normalized spacial score (nSPS) is 13.7. The maximum absolute atomic E-state index is 13.1. The van der Waals surface area contributed by atoms with Gasteiger partial charge in [-0.25, -0.2) is 9.59 Å². The van der Waals surface area contributed by atoms with Gasteiger partial charge in [-0.05, 0) is 27.7 Å². The van der Waals surface area contributed by atoms with Crippen molar-refractivity contribution < 1.29 is 60.3 Å². The highest BCUT2D eigenvalue weighted by molar-refractivity contribution is 8.18. The Hall–Kier alpha value is -0.960. The van der Waals surface area contributed by atoms with Gasteiger partial charge in [0, 0.05) is 12.5 Å². The van der Waals surface area contributed by atoms with Crippen LogP contribution in [0.25, 0.3) is 0 Å². The molecule has 13 nitrogen and oxygen atoms in total. The highest BCUT2D eigenvalue weighted by atomic mass is 35.7. The molecular formula is C14H28ClN2O11PS. The minimum absolute atomic E-state index is 0.0499. The molecule has 0 saturated heterocycles. The van der Waals surface area contributed by atoms with Crippen LogP contribution in [0.3, 0.4) is 0 Å². The summed E-state index contributed by atoms with van der Waals surface area (Å²) in [5, 5.41) is 3.57. The van der Waals surface area contributed by atoms with Crippen LogP contribution in [0.5, 0.6) is 0 Å². The third kappa shape index (κ3) is 10.9. The molecule has 0 rings (SSSR count). The second-order valence-corrected chi connectivity index (χ2v) is 14.2. The molecule has 0 aliphatic rings. The molecule has 16 heteroatoms. The van der Waals surface area contributed by atoms with E-state index in [1.54, 1.807) is 0 Å². The van der Waals surface area contributed by atoms with Gasteiger partial charge in [-0.1, -0.05) is 9.35 Å². The quantitative estimate of drug-likeness (QED) is 0.0937. The molecule has 0 fully saturated rings. The molecule has 0 spiro atoms. The fraction of sp³-hybridized carbons (Fsp3) is 0.786. The van der Waals surface area contributed by atoms with E-state index < -0.39 is 50.2 Å². The van der Waals surface area contributed by atoms with Crippen molar-refractivity contribution in [1.82, 2.24) is 0 Å².